The van der Waals surface area contributed by atoms with Crippen molar-refractivity contribution in [2.75, 3.05) is 27.9 Å². The molecule has 146 valence electrons. The number of nitrogens with zero attached hydrogens (tertiary/aromatic N) is 3. The number of benzene rings is 1. The highest BCUT2D eigenvalue weighted by Crippen LogP contribution is 2.41. The summed E-state index contributed by atoms with van der Waals surface area (Å²) in [6.07, 6.45) is 3.58. The number of ether oxygens (including phenoxy) is 3. The molecule has 2 heterocycles. The van der Waals surface area contributed by atoms with Crippen molar-refractivity contribution in [3.8, 4) is 28.5 Å². The van der Waals surface area contributed by atoms with E-state index in [0.29, 0.717) is 23.8 Å². The molecule has 28 heavy (non-hydrogen) atoms. The van der Waals surface area contributed by atoms with Gasteiger partial charge in [-0.1, -0.05) is 12.1 Å². The minimum atomic E-state index is 0.518. The number of methoxy groups -OCH3 is 3. The predicted molar refractivity (Wildman–Crippen MR) is 115 cm³/mol. The molecule has 1 aromatic carbocycles. The summed E-state index contributed by atoms with van der Waals surface area (Å²) in [6, 6.07) is 7.81. The molecule has 0 N–H and O–H groups in total. The second-order valence-electron chi connectivity index (χ2n) is 5.52. The van der Waals surface area contributed by atoms with Crippen molar-refractivity contribution in [3.05, 3.63) is 57.4 Å². The molecule has 0 spiro atoms. The fourth-order valence-corrected chi connectivity index (χ4v) is 4.00. The van der Waals surface area contributed by atoms with Gasteiger partial charge in [0.05, 0.1) is 39.8 Å². The lowest BCUT2D eigenvalue weighted by molar-refractivity contribution is 0.324. The number of rotatable bonds is 8. The van der Waals surface area contributed by atoms with Crippen LogP contribution in [0.4, 0.5) is 0 Å². The molecule has 3 rings (SSSR count). The van der Waals surface area contributed by atoms with Crippen LogP contribution < -0.4 is 19.0 Å². The normalized spacial score (nSPS) is 11.8. The van der Waals surface area contributed by atoms with Crippen LogP contribution in [0.3, 0.4) is 0 Å². The third-order valence-electron chi connectivity index (χ3n) is 3.85. The van der Waals surface area contributed by atoms with Crippen LogP contribution in [0.25, 0.3) is 11.3 Å². The first-order chi connectivity index (χ1) is 13.7. The van der Waals surface area contributed by atoms with E-state index in [1.165, 1.54) is 11.3 Å². The Bertz CT molecular complexity index is 1010. The Kier molecular flexibility index (Phi) is 6.67. The Morgan fingerprint density at radius 1 is 1.11 bits per heavy atom. The lowest BCUT2D eigenvalue weighted by Crippen LogP contribution is -2.12. The molecule has 0 unspecified atom stereocenters. The highest BCUT2D eigenvalue weighted by Gasteiger charge is 2.16. The van der Waals surface area contributed by atoms with E-state index in [1.807, 2.05) is 45.9 Å². The quantitative estimate of drug-likeness (QED) is 0.408. The van der Waals surface area contributed by atoms with Gasteiger partial charge in [-0.3, -0.25) is 4.99 Å². The smallest absolute Gasteiger partial charge is 0.206 e. The van der Waals surface area contributed by atoms with E-state index in [2.05, 4.69) is 16.7 Å². The van der Waals surface area contributed by atoms with E-state index < -0.39 is 0 Å². The van der Waals surface area contributed by atoms with Gasteiger partial charge in [-0.2, -0.15) is 5.10 Å². The second kappa shape index (κ2) is 9.38. The molecule has 3 aromatic rings. The van der Waals surface area contributed by atoms with Crippen molar-refractivity contribution in [2.45, 2.75) is 0 Å². The Morgan fingerprint density at radius 2 is 1.86 bits per heavy atom. The van der Waals surface area contributed by atoms with Crippen LogP contribution in [0, 0.1) is 0 Å². The summed E-state index contributed by atoms with van der Waals surface area (Å²) in [6.45, 7) is 4.26. The number of aromatic nitrogens is 1. The van der Waals surface area contributed by atoms with E-state index in [1.54, 1.807) is 38.7 Å². The maximum Gasteiger partial charge on any atom is 0.206 e. The van der Waals surface area contributed by atoms with Crippen LogP contribution in [-0.4, -0.2) is 38.8 Å². The number of hydrogen-bond donors (Lipinski definition) is 0. The molecule has 0 aliphatic heterocycles. The largest absolute Gasteiger partial charge is 0.493 e. The Balaban J connectivity index is 2.16. The summed E-state index contributed by atoms with van der Waals surface area (Å²) in [5.41, 5.74) is 1.76. The monoisotopic (exact) mass is 415 g/mol. The topological polar surface area (TPSA) is 57.3 Å². The highest BCUT2D eigenvalue weighted by molar-refractivity contribution is 7.11. The van der Waals surface area contributed by atoms with Crippen molar-refractivity contribution in [3.63, 3.8) is 0 Å². The van der Waals surface area contributed by atoms with Crippen LogP contribution in [0.2, 0.25) is 0 Å². The first-order valence-corrected chi connectivity index (χ1v) is 10.2. The fourth-order valence-electron chi connectivity index (χ4n) is 2.57. The average molecular weight is 416 g/mol. The summed E-state index contributed by atoms with van der Waals surface area (Å²) in [5.74, 6) is 1.72. The molecule has 6 nitrogen and oxygen atoms in total. The maximum absolute atomic E-state index is 5.49. The summed E-state index contributed by atoms with van der Waals surface area (Å²) in [4.78, 5) is 6.39. The Labute approximate surface area is 171 Å². The lowest BCUT2D eigenvalue weighted by Gasteiger charge is -2.14. The van der Waals surface area contributed by atoms with Crippen molar-refractivity contribution in [1.82, 2.24) is 4.68 Å². The lowest BCUT2D eigenvalue weighted by atomic mass is 10.1. The van der Waals surface area contributed by atoms with Gasteiger partial charge in [0.25, 0.3) is 0 Å². The molecule has 8 heteroatoms. The molecule has 0 bridgehead atoms. The fraction of sp³-hybridized carbons (Fsp3) is 0.200. The zero-order chi connectivity index (χ0) is 19.9. The van der Waals surface area contributed by atoms with Crippen LogP contribution in [0.15, 0.2) is 57.8 Å². The summed E-state index contributed by atoms with van der Waals surface area (Å²) in [7, 11) is 4.79. The van der Waals surface area contributed by atoms with Gasteiger partial charge < -0.3 is 14.2 Å². The molecule has 0 fully saturated rings. The van der Waals surface area contributed by atoms with Crippen molar-refractivity contribution in [2.24, 2.45) is 10.1 Å². The Hall–Kier alpha value is -2.84. The van der Waals surface area contributed by atoms with Gasteiger partial charge >= 0.3 is 0 Å². The van der Waals surface area contributed by atoms with E-state index in [4.69, 9.17) is 14.2 Å². The second-order valence-corrected chi connectivity index (χ2v) is 7.33. The molecule has 2 aromatic heterocycles. The van der Waals surface area contributed by atoms with Gasteiger partial charge in [0.15, 0.2) is 11.5 Å². The van der Waals surface area contributed by atoms with Crippen molar-refractivity contribution in [1.29, 1.82) is 0 Å². The molecule has 0 radical (unpaired) electrons. The van der Waals surface area contributed by atoms with E-state index in [9.17, 15) is 0 Å². The number of hydrogen-bond acceptors (Lipinski definition) is 7. The summed E-state index contributed by atoms with van der Waals surface area (Å²) >= 11 is 3.13. The molecule has 0 saturated carbocycles. The number of thiophene rings is 1. The van der Waals surface area contributed by atoms with Crippen LogP contribution >= 0.6 is 22.7 Å². The van der Waals surface area contributed by atoms with Crippen LogP contribution in [-0.2, 0) is 0 Å². The zero-order valence-electron chi connectivity index (χ0n) is 15.9. The number of thiazole rings is 1. The average Bonchev–Trinajstić information content (AvgIpc) is 3.39. The van der Waals surface area contributed by atoms with Crippen molar-refractivity contribution >= 4 is 28.9 Å². The molecule has 0 aliphatic rings. The van der Waals surface area contributed by atoms with Gasteiger partial charge in [-0.05, 0) is 23.6 Å². The minimum absolute atomic E-state index is 0.518. The van der Waals surface area contributed by atoms with E-state index >= 15 is 0 Å². The summed E-state index contributed by atoms with van der Waals surface area (Å²) < 4.78 is 18.2. The van der Waals surface area contributed by atoms with E-state index in [0.717, 1.165) is 20.9 Å². The minimum Gasteiger partial charge on any atom is -0.493 e. The van der Waals surface area contributed by atoms with Crippen LogP contribution in [0.5, 0.6) is 17.2 Å². The molecular weight excluding hydrogens is 394 g/mol. The first kappa shape index (κ1) is 19.9. The zero-order valence-corrected chi connectivity index (χ0v) is 17.5. The third-order valence-corrected chi connectivity index (χ3v) is 5.51. The van der Waals surface area contributed by atoms with Gasteiger partial charge in [-0.15, -0.1) is 29.3 Å². The predicted octanol–water partition coefficient (Wildman–Crippen LogP) is 4.27. The molecule has 0 atom stereocenters. The van der Waals surface area contributed by atoms with Gasteiger partial charge in [0.1, 0.15) is 0 Å². The molecule has 0 aliphatic carbocycles. The van der Waals surface area contributed by atoms with E-state index in [-0.39, 0.29) is 0 Å². The molecular formula is C20H21N3O3S2. The first-order valence-electron chi connectivity index (χ1n) is 8.42. The molecule has 0 amide bonds. The Morgan fingerprint density at radius 3 is 2.43 bits per heavy atom. The molecule has 0 saturated heterocycles. The summed E-state index contributed by atoms with van der Waals surface area (Å²) in [5, 5.41) is 8.69. The third kappa shape index (κ3) is 4.18. The van der Waals surface area contributed by atoms with Crippen LogP contribution in [0.1, 0.15) is 4.88 Å². The SMILES string of the molecule is C=CCN=c1scc(-c2cc(OC)c(OC)c(OC)c2)n1N=Cc1cccs1. The van der Waals surface area contributed by atoms with Gasteiger partial charge in [0, 0.05) is 15.8 Å². The van der Waals surface area contributed by atoms with Gasteiger partial charge in [0.2, 0.25) is 10.6 Å². The standard InChI is InChI=1S/C20H21N3O3S2/c1-5-8-21-20-23(22-12-15-7-6-9-27-15)16(13-28-20)14-10-17(24-2)19(26-4)18(11-14)25-3/h5-7,9-13H,1,8H2,2-4H3. The maximum atomic E-state index is 5.49. The highest BCUT2D eigenvalue weighted by atomic mass is 32.1. The van der Waals surface area contributed by atoms with Gasteiger partial charge in [-0.25, -0.2) is 4.68 Å². The van der Waals surface area contributed by atoms with Crippen molar-refractivity contribution < 1.29 is 14.2 Å².